The van der Waals surface area contributed by atoms with Crippen molar-refractivity contribution in [3.8, 4) is 16.9 Å². The number of para-hydroxylation sites is 1. The second-order valence-electron chi connectivity index (χ2n) is 3.69. The van der Waals surface area contributed by atoms with E-state index in [-0.39, 0.29) is 6.61 Å². The molecule has 1 heterocycles. The third-order valence-corrected chi connectivity index (χ3v) is 3.64. The van der Waals surface area contributed by atoms with Gasteiger partial charge in [0.1, 0.15) is 5.75 Å². The van der Waals surface area contributed by atoms with E-state index in [9.17, 15) is 4.89 Å². The van der Waals surface area contributed by atoms with Crippen molar-refractivity contribution >= 4 is 13.7 Å². The Labute approximate surface area is 108 Å². The largest absolute Gasteiger partial charge is 0.443 e. The maximum absolute atomic E-state index is 9.85. The summed E-state index contributed by atoms with van der Waals surface area (Å²) in [5.41, 5.74) is 2.13. The van der Waals surface area contributed by atoms with E-state index in [0.29, 0.717) is 0 Å². The van der Waals surface area contributed by atoms with Crippen LogP contribution < -0.4 is 9.83 Å². The van der Waals surface area contributed by atoms with E-state index in [0.717, 1.165) is 22.2 Å². The summed E-state index contributed by atoms with van der Waals surface area (Å²) in [6.07, 6.45) is 0. The Morgan fingerprint density at radius 1 is 1.00 bits per heavy atom. The van der Waals surface area contributed by atoms with Crippen molar-refractivity contribution in [1.29, 1.82) is 0 Å². The van der Waals surface area contributed by atoms with E-state index in [1.807, 2.05) is 48.5 Å². The molecule has 0 saturated heterocycles. The van der Waals surface area contributed by atoms with Gasteiger partial charge >= 0.3 is 0 Å². The molecule has 3 rings (SSSR count). The first-order chi connectivity index (χ1) is 8.77. The van der Waals surface area contributed by atoms with E-state index in [1.54, 1.807) is 6.92 Å². The summed E-state index contributed by atoms with van der Waals surface area (Å²) in [6.45, 7) is 1.93. The molecule has 2 aromatic carbocycles. The number of hydrogen-bond donors (Lipinski definition) is 2. The van der Waals surface area contributed by atoms with Crippen LogP contribution >= 0.6 is 8.38 Å². The van der Waals surface area contributed by atoms with Gasteiger partial charge in [0.2, 0.25) is 0 Å². The number of hydrogen-bond acceptors (Lipinski definition) is 3. The fourth-order valence-electron chi connectivity index (χ4n) is 1.78. The highest BCUT2D eigenvalue weighted by Gasteiger charge is 2.24. The van der Waals surface area contributed by atoms with Crippen LogP contribution in [0.3, 0.4) is 0 Å². The maximum atomic E-state index is 9.85. The molecule has 0 bridgehead atoms. The van der Waals surface area contributed by atoms with Crippen LogP contribution in [0.15, 0.2) is 48.5 Å². The average Bonchev–Trinajstić information content (AvgIpc) is 2.40. The second-order valence-corrected chi connectivity index (χ2v) is 4.90. The quantitative estimate of drug-likeness (QED) is 0.718. The van der Waals surface area contributed by atoms with Gasteiger partial charge in [0.05, 0.1) is 5.30 Å². The van der Waals surface area contributed by atoms with Crippen LogP contribution in [0.4, 0.5) is 0 Å². The zero-order valence-corrected chi connectivity index (χ0v) is 11.0. The molecule has 1 aliphatic heterocycles. The first-order valence-electron chi connectivity index (χ1n) is 5.74. The van der Waals surface area contributed by atoms with Crippen LogP contribution in [0, 0.1) is 0 Å². The van der Waals surface area contributed by atoms with Crippen LogP contribution in [-0.2, 0) is 0 Å². The third-order valence-electron chi connectivity index (χ3n) is 2.47. The minimum Gasteiger partial charge on any atom is -0.443 e. The molecule has 3 nitrogen and oxygen atoms in total. The molecule has 18 heavy (non-hydrogen) atoms. The minimum atomic E-state index is -1.49. The molecule has 0 aromatic heterocycles. The Morgan fingerprint density at radius 2 is 1.56 bits per heavy atom. The van der Waals surface area contributed by atoms with E-state index in [2.05, 4.69) is 0 Å². The van der Waals surface area contributed by atoms with E-state index in [1.165, 1.54) is 0 Å². The molecule has 1 atom stereocenters. The monoisotopic (exact) mass is 262 g/mol. The Morgan fingerprint density at radius 3 is 2.28 bits per heavy atom. The molecule has 1 aliphatic rings. The number of rotatable bonds is 0. The van der Waals surface area contributed by atoms with E-state index < -0.39 is 8.38 Å². The predicted octanol–water partition coefficient (Wildman–Crippen LogP) is 2.67. The fraction of sp³-hybridized carbons (Fsp3) is 0.143. The summed E-state index contributed by atoms with van der Waals surface area (Å²) in [6, 6.07) is 15.6. The maximum Gasteiger partial charge on any atom is 0.262 e. The van der Waals surface area contributed by atoms with Crippen molar-refractivity contribution < 1.29 is 14.5 Å². The molecule has 94 valence electrons. The van der Waals surface area contributed by atoms with Crippen LogP contribution in [0.1, 0.15) is 6.92 Å². The van der Waals surface area contributed by atoms with Crippen molar-refractivity contribution in [3.05, 3.63) is 48.5 Å². The number of benzene rings is 2. The Kier molecular flexibility index (Phi) is 4.32. The lowest BCUT2D eigenvalue weighted by atomic mass is 10.0. The molecular weight excluding hydrogens is 247 g/mol. The van der Waals surface area contributed by atoms with E-state index >= 15 is 0 Å². The molecule has 0 saturated carbocycles. The van der Waals surface area contributed by atoms with Crippen LogP contribution in [0.25, 0.3) is 11.1 Å². The van der Waals surface area contributed by atoms with Gasteiger partial charge in [-0.15, -0.1) is 0 Å². The Bertz CT molecular complexity index is 528. The molecule has 0 amide bonds. The molecule has 1 unspecified atom stereocenters. The minimum absolute atomic E-state index is 0.250. The van der Waals surface area contributed by atoms with Crippen molar-refractivity contribution in [3.63, 3.8) is 0 Å². The second kappa shape index (κ2) is 5.96. The molecule has 0 spiro atoms. The highest BCUT2D eigenvalue weighted by atomic mass is 31.2. The highest BCUT2D eigenvalue weighted by molar-refractivity contribution is 7.55. The zero-order chi connectivity index (χ0) is 13.0. The fourth-order valence-corrected chi connectivity index (χ4v) is 2.84. The summed E-state index contributed by atoms with van der Waals surface area (Å²) >= 11 is 0. The van der Waals surface area contributed by atoms with Crippen molar-refractivity contribution in [2.75, 3.05) is 6.61 Å². The molecule has 0 fully saturated rings. The van der Waals surface area contributed by atoms with Gasteiger partial charge in [0, 0.05) is 12.2 Å². The molecule has 2 aromatic rings. The van der Waals surface area contributed by atoms with Crippen LogP contribution in [-0.4, -0.2) is 16.6 Å². The number of fused-ring (bicyclic) bond motifs is 3. The molecule has 0 radical (unpaired) electrons. The van der Waals surface area contributed by atoms with Gasteiger partial charge in [-0.05, 0) is 24.6 Å². The Hall–Kier alpha value is -1.41. The van der Waals surface area contributed by atoms with Gasteiger partial charge in [-0.1, -0.05) is 36.4 Å². The van der Waals surface area contributed by atoms with Gasteiger partial charge < -0.3 is 14.5 Å². The predicted molar refractivity (Wildman–Crippen MR) is 74.0 cm³/mol. The van der Waals surface area contributed by atoms with Gasteiger partial charge in [-0.3, -0.25) is 0 Å². The zero-order valence-electron chi connectivity index (χ0n) is 10.1. The Balaban J connectivity index is 0.000000367. The first kappa shape index (κ1) is 13.0. The average molecular weight is 262 g/mol. The first-order valence-corrected chi connectivity index (χ1v) is 6.95. The topological polar surface area (TPSA) is 49.7 Å². The molecule has 2 N–H and O–H groups in total. The summed E-state index contributed by atoms with van der Waals surface area (Å²) in [4.78, 5) is 9.85. The smallest absolute Gasteiger partial charge is 0.262 e. The van der Waals surface area contributed by atoms with Crippen molar-refractivity contribution in [2.24, 2.45) is 0 Å². The van der Waals surface area contributed by atoms with Crippen LogP contribution in [0.2, 0.25) is 0 Å². The summed E-state index contributed by atoms with van der Waals surface area (Å²) in [7, 11) is -1.49. The standard InChI is InChI=1S/C12H9O2P.C2H6O/c13-15-12-8-4-2-6-10(12)9-5-1-3-7-11(9)14-15;1-2-3/h1-8,13H;3H,2H2,1H3. The van der Waals surface area contributed by atoms with Crippen LogP contribution in [0.5, 0.6) is 5.75 Å². The highest BCUT2D eigenvalue weighted by Crippen LogP contribution is 2.45. The molecule has 0 aliphatic carbocycles. The lowest BCUT2D eigenvalue weighted by Crippen LogP contribution is -2.13. The van der Waals surface area contributed by atoms with Gasteiger partial charge in [-0.2, -0.15) is 0 Å². The number of aliphatic hydroxyl groups is 1. The lowest BCUT2D eigenvalue weighted by molar-refractivity contribution is 0.318. The molecular formula is C14H15O3P. The lowest BCUT2D eigenvalue weighted by Gasteiger charge is -2.23. The third kappa shape index (κ3) is 2.54. The summed E-state index contributed by atoms with van der Waals surface area (Å²) in [5, 5.41) is 8.46. The van der Waals surface area contributed by atoms with Gasteiger partial charge in [0.25, 0.3) is 8.38 Å². The van der Waals surface area contributed by atoms with Crippen molar-refractivity contribution in [1.82, 2.24) is 0 Å². The normalized spacial score (nSPS) is 15.6. The summed E-state index contributed by atoms with van der Waals surface area (Å²) < 4.78 is 5.48. The van der Waals surface area contributed by atoms with E-state index in [4.69, 9.17) is 9.63 Å². The number of aliphatic hydroxyl groups excluding tert-OH is 1. The van der Waals surface area contributed by atoms with Crippen molar-refractivity contribution in [2.45, 2.75) is 6.92 Å². The van der Waals surface area contributed by atoms with Gasteiger partial charge in [0.15, 0.2) is 0 Å². The summed E-state index contributed by atoms with van der Waals surface area (Å²) in [5.74, 6) is 0.768. The SMILES string of the molecule is CCO.OP1Oc2ccccc2-c2ccccc21. The van der Waals surface area contributed by atoms with Gasteiger partial charge in [-0.25, -0.2) is 0 Å². The molecule has 4 heteroatoms.